The molecule has 1 saturated heterocycles. The predicted octanol–water partition coefficient (Wildman–Crippen LogP) is 5.58. The molecule has 0 bridgehead atoms. The highest BCUT2D eigenvalue weighted by Crippen LogP contribution is 2.54. The van der Waals surface area contributed by atoms with Gasteiger partial charge in [-0.25, -0.2) is 4.98 Å². The van der Waals surface area contributed by atoms with Crippen molar-refractivity contribution in [2.75, 3.05) is 37.0 Å². The Bertz CT molecular complexity index is 1130. The molecule has 6 rings (SSSR count). The summed E-state index contributed by atoms with van der Waals surface area (Å²) in [6, 6.07) is 6.24. The molecule has 1 aliphatic heterocycles. The zero-order chi connectivity index (χ0) is 25.4. The minimum atomic E-state index is -0.0782. The lowest BCUT2D eigenvalue weighted by Crippen LogP contribution is -2.44. The van der Waals surface area contributed by atoms with Gasteiger partial charge in [0.25, 0.3) is 5.91 Å². The van der Waals surface area contributed by atoms with E-state index >= 15 is 0 Å². The van der Waals surface area contributed by atoms with E-state index in [4.69, 9.17) is 9.72 Å². The van der Waals surface area contributed by atoms with Crippen LogP contribution in [0.4, 0.5) is 11.8 Å². The molecule has 1 amide bonds. The number of hydrogen-bond acceptors (Lipinski definition) is 6. The normalized spacial score (nSPS) is 23.9. The second-order valence-electron chi connectivity index (χ2n) is 11.8. The summed E-state index contributed by atoms with van der Waals surface area (Å²) in [6.07, 6.45) is 12.5. The van der Waals surface area contributed by atoms with Gasteiger partial charge in [-0.2, -0.15) is 4.98 Å². The van der Waals surface area contributed by atoms with Crippen LogP contribution in [0.25, 0.3) is 0 Å². The van der Waals surface area contributed by atoms with Gasteiger partial charge in [0.05, 0.1) is 7.11 Å². The van der Waals surface area contributed by atoms with Gasteiger partial charge in [-0.3, -0.25) is 4.79 Å². The molecule has 3 saturated carbocycles. The van der Waals surface area contributed by atoms with Gasteiger partial charge in [0.15, 0.2) is 0 Å². The van der Waals surface area contributed by atoms with Gasteiger partial charge in [-0.15, -0.1) is 0 Å². The average molecular weight is 616 g/mol. The first-order valence-corrected chi connectivity index (χ1v) is 15.4. The van der Waals surface area contributed by atoms with Crippen molar-refractivity contribution < 1.29 is 9.53 Å². The van der Waals surface area contributed by atoms with E-state index in [1.165, 1.54) is 51.4 Å². The number of nitrogens with one attached hydrogen (secondary N) is 2. The number of nitrogens with zero attached hydrogens (tertiary/aromatic N) is 3. The molecule has 2 unspecified atom stereocenters. The van der Waals surface area contributed by atoms with Crippen LogP contribution in [0.3, 0.4) is 0 Å². The average Bonchev–Trinajstić information content (AvgIpc) is 3.53. The fraction of sp³-hybridized carbons (Fsp3) is 0.621. The van der Waals surface area contributed by atoms with E-state index in [-0.39, 0.29) is 5.91 Å². The SMILES string of the molecule is COc1ccc(CNc2nc(N3CC4CC4C3)ncc2C(=O)NCC2CC3(CCCCC3)C2)cc1CI. The van der Waals surface area contributed by atoms with E-state index in [0.29, 0.717) is 29.3 Å². The standard InChI is InChI=1S/C29H38IN5O2/c1-37-25-6-5-19(9-21(25)13-30)14-31-26-24(16-33-28(34-26)35-17-22-10-23(22)18-35)27(36)32-15-20-11-29(12-20)7-3-2-4-8-29/h5-6,9,16,20,22-23H,2-4,7-8,10-15,17-18H2,1H3,(H,32,36)(H,31,33,34). The molecule has 2 heterocycles. The summed E-state index contributed by atoms with van der Waals surface area (Å²) >= 11 is 2.36. The highest BCUT2D eigenvalue weighted by Gasteiger charge is 2.46. The van der Waals surface area contributed by atoms with Crippen LogP contribution in [-0.4, -0.2) is 42.6 Å². The Morgan fingerprint density at radius 3 is 2.70 bits per heavy atom. The predicted molar refractivity (Wildman–Crippen MR) is 154 cm³/mol. The van der Waals surface area contributed by atoms with Crippen LogP contribution in [0.1, 0.15) is 72.9 Å². The number of benzene rings is 1. The van der Waals surface area contributed by atoms with Crippen LogP contribution in [0.15, 0.2) is 24.4 Å². The van der Waals surface area contributed by atoms with Crippen molar-refractivity contribution >= 4 is 40.3 Å². The first-order chi connectivity index (χ1) is 18.1. The number of piperidine rings is 1. The molecule has 2 atom stereocenters. The Labute approximate surface area is 233 Å². The summed E-state index contributed by atoms with van der Waals surface area (Å²) in [5, 5.41) is 6.67. The fourth-order valence-corrected chi connectivity index (χ4v) is 7.57. The van der Waals surface area contributed by atoms with Crippen LogP contribution >= 0.6 is 22.6 Å². The Balaban J connectivity index is 1.14. The van der Waals surface area contributed by atoms with Crippen LogP contribution in [0.2, 0.25) is 0 Å². The molecule has 1 spiro atoms. The number of halogens is 1. The number of hydrogen-bond donors (Lipinski definition) is 2. The second kappa shape index (κ2) is 10.6. The molecule has 0 radical (unpaired) electrons. The maximum Gasteiger partial charge on any atom is 0.256 e. The Hall–Kier alpha value is -2.10. The third kappa shape index (κ3) is 5.40. The lowest BCUT2D eigenvalue weighted by Gasteiger charge is -2.50. The largest absolute Gasteiger partial charge is 0.496 e. The number of carbonyl (C=O) groups is 1. The van der Waals surface area contributed by atoms with Crippen molar-refractivity contribution in [2.24, 2.45) is 23.2 Å². The molecule has 7 nitrogen and oxygen atoms in total. The van der Waals surface area contributed by atoms with Gasteiger partial charge in [-0.05, 0) is 73.0 Å². The first kappa shape index (κ1) is 25.2. The second-order valence-corrected chi connectivity index (χ2v) is 12.5. The third-order valence-electron chi connectivity index (χ3n) is 9.14. The summed E-state index contributed by atoms with van der Waals surface area (Å²) in [6.45, 7) is 3.38. The number of anilines is 2. The summed E-state index contributed by atoms with van der Waals surface area (Å²) in [5.74, 6) is 4.36. The lowest BCUT2D eigenvalue weighted by atomic mass is 9.56. The van der Waals surface area contributed by atoms with Crippen LogP contribution in [0, 0.1) is 23.2 Å². The number of rotatable bonds is 9. The van der Waals surface area contributed by atoms with Crippen LogP contribution in [-0.2, 0) is 11.0 Å². The van der Waals surface area contributed by atoms with Gasteiger partial charge in [0.1, 0.15) is 17.1 Å². The van der Waals surface area contributed by atoms with Crippen molar-refractivity contribution in [1.82, 2.24) is 15.3 Å². The number of carbonyl (C=O) groups excluding carboxylic acids is 1. The molecule has 3 aliphatic carbocycles. The minimum Gasteiger partial charge on any atom is -0.496 e. The highest BCUT2D eigenvalue weighted by molar-refractivity contribution is 14.1. The lowest BCUT2D eigenvalue weighted by molar-refractivity contribution is 0.0154. The van der Waals surface area contributed by atoms with Crippen molar-refractivity contribution in [3.8, 4) is 5.75 Å². The van der Waals surface area contributed by atoms with E-state index < -0.39 is 0 Å². The van der Waals surface area contributed by atoms with Crippen molar-refractivity contribution in [2.45, 2.75) is 62.3 Å². The smallest absolute Gasteiger partial charge is 0.256 e. The van der Waals surface area contributed by atoms with Crippen molar-refractivity contribution in [3.05, 3.63) is 41.1 Å². The van der Waals surface area contributed by atoms with E-state index in [1.807, 2.05) is 6.07 Å². The van der Waals surface area contributed by atoms with E-state index in [2.05, 4.69) is 55.2 Å². The molecule has 198 valence electrons. The number of ether oxygens (including phenoxy) is 1. The van der Waals surface area contributed by atoms with Crippen molar-refractivity contribution in [1.29, 1.82) is 0 Å². The number of methoxy groups -OCH3 is 1. The molecule has 1 aromatic carbocycles. The Morgan fingerprint density at radius 1 is 1.19 bits per heavy atom. The van der Waals surface area contributed by atoms with Gasteiger partial charge < -0.3 is 20.3 Å². The number of alkyl halides is 1. The van der Waals surface area contributed by atoms with E-state index in [9.17, 15) is 4.79 Å². The topological polar surface area (TPSA) is 79.4 Å². The summed E-state index contributed by atoms with van der Waals surface area (Å²) < 4.78 is 6.36. The van der Waals surface area contributed by atoms with Gasteiger partial charge in [0.2, 0.25) is 5.95 Å². The summed E-state index contributed by atoms with van der Waals surface area (Å²) in [5.41, 5.74) is 3.41. The quantitative estimate of drug-likeness (QED) is 0.284. The fourth-order valence-electron chi connectivity index (χ4n) is 6.97. The van der Waals surface area contributed by atoms with E-state index in [0.717, 1.165) is 58.7 Å². The van der Waals surface area contributed by atoms with Crippen molar-refractivity contribution in [3.63, 3.8) is 0 Å². The summed E-state index contributed by atoms with van der Waals surface area (Å²) in [7, 11) is 1.71. The molecule has 37 heavy (non-hydrogen) atoms. The minimum absolute atomic E-state index is 0.0782. The van der Waals surface area contributed by atoms with Gasteiger partial charge >= 0.3 is 0 Å². The first-order valence-electron chi connectivity index (χ1n) is 13.9. The molecule has 1 aromatic heterocycles. The number of aromatic nitrogens is 2. The zero-order valence-corrected chi connectivity index (χ0v) is 23.9. The number of fused-ring (bicyclic) bond motifs is 1. The monoisotopic (exact) mass is 615 g/mol. The molecular formula is C29H38IN5O2. The van der Waals surface area contributed by atoms with Crippen LogP contribution in [0.5, 0.6) is 5.75 Å². The zero-order valence-electron chi connectivity index (χ0n) is 21.8. The van der Waals surface area contributed by atoms with Crippen LogP contribution < -0.4 is 20.3 Å². The molecule has 4 fully saturated rings. The molecule has 4 aliphatic rings. The Morgan fingerprint density at radius 2 is 1.97 bits per heavy atom. The molecule has 2 aromatic rings. The Kier molecular flexibility index (Phi) is 7.20. The van der Waals surface area contributed by atoms with Gasteiger partial charge in [-0.1, -0.05) is 47.9 Å². The maximum absolute atomic E-state index is 13.3. The molecular weight excluding hydrogens is 577 g/mol. The molecule has 2 N–H and O–H groups in total. The number of amides is 1. The third-order valence-corrected chi connectivity index (χ3v) is 9.96. The summed E-state index contributed by atoms with van der Waals surface area (Å²) in [4.78, 5) is 25.1. The van der Waals surface area contributed by atoms with Gasteiger partial charge in [0, 0.05) is 42.4 Å². The highest BCUT2D eigenvalue weighted by atomic mass is 127. The van der Waals surface area contributed by atoms with E-state index in [1.54, 1.807) is 13.3 Å². The maximum atomic E-state index is 13.3. The molecule has 8 heteroatoms.